The Morgan fingerprint density at radius 3 is 2.57 bits per heavy atom. The number of amides is 1. The minimum absolute atomic E-state index is 0.0974. The number of piperidine rings is 1. The molecule has 2 fully saturated rings. The van der Waals surface area contributed by atoms with Crippen LogP contribution in [0.15, 0.2) is 18.2 Å². The molecule has 6 heteroatoms. The molecule has 2 aliphatic rings. The van der Waals surface area contributed by atoms with Gasteiger partial charge in [0.05, 0.1) is 23.8 Å². The zero-order valence-corrected chi connectivity index (χ0v) is 13.9. The van der Waals surface area contributed by atoms with Gasteiger partial charge in [-0.2, -0.15) is 0 Å². The monoisotopic (exact) mass is 340 g/mol. The van der Waals surface area contributed by atoms with Crippen molar-refractivity contribution in [2.45, 2.75) is 12.8 Å². The lowest BCUT2D eigenvalue weighted by Crippen LogP contribution is -2.44. The maximum absolute atomic E-state index is 13.1. The average Bonchev–Trinajstić information content (AvgIpc) is 2.56. The van der Waals surface area contributed by atoms with E-state index in [9.17, 15) is 9.18 Å². The number of likely N-dealkylation sites (tertiary alicyclic amines) is 1. The number of benzene rings is 1. The molecule has 4 nitrogen and oxygen atoms in total. The highest BCUT2D eigenvalue weighted by molar-refractivity contribution is 6.33. The molecule has 1 aromatic carbocycles. The fourth-order valence-electron chi connectivity index (χ4n) is 3.30. The van der Waals surface area contributed by atoms with E-state index in [0.717, 1.165) is 58.8 Å². The molecular weight excluding hydrogens is 319 g/mol. The smallest absolute Gasteiger partial charge is 0.255 e. The molecule has 1 aromatic rings. The second kappa shape index (κ2) is 7.60. The molecule has 126 valence electrons. The molecule has 2 saturated heterocycles. The Hall–Kier alpha value is -1.17. The Morgan fingerprint density at radius 2 is 1.91 bits per heavy atom. The molecule has 0 bridgehead atoms. The number of nitrogens with zero attached hydrogens (tertiary/aromatic N) is 2. The van der Waals surface area contributed by atoms with Crippen molar-refractivity contribution in [3.63, 3.8) is 0 Å². The van der Waals surface area contributed by atoms with Crippen LogP contribution in [0.3, 0.4) is 0 Å². The normalized spacial score (nSPS) is 20.7. The molecule has 2 heterocycles. The molecule has 0 atom stereocenters. The van der Waals surface area contributed by atoms with E-state index in [2.05, 4.69) is 4.90 Å². The van der Waals surface area contributed by atoms with E-state index in [1.165, 1.54) is 18.2 Å². The summed E-state index contributed by atoms with van der Waals surface area (Å²) in [5.41, 5.74) is 0.389. The predicted octanol–water partition coefficient (Wildman–Crippen LogP) is 2.66. The van der Waals surface area contributed by atoms with Gasteiger partial charge >= 0.3 is 0 Å². The first-order valence-electron chi connectivity index (χ1n) is 8.18. The summed E-state index contributed by atoms with van der Waals surface area (Å²) in [4.78, 5) is 16.8. The number of hydrogen-bond donors (Lipinski definition) is 0. The molecule has 3 rings (SSSR count). The molecule has 0 unspecified atom stereocenters. The van der Waals surface area contributed by atoms with E-state index in [1.807, 2.05) is 4.90 Å². The zero-order valence-electron chi connectivity index (χ0n) is 13.1. The number of carbonyl (C=O) groups is 1. The summed E-state index contributed by atoms with van der Waals surface area (Å²) in [6, 6.07) is 3.95. The van der Waals surface area contributed by atoms with Gasteiger partial charge in [0.15, 0.2) is 0 Å². The lowest BCUT2D eigenvalue weighted by molar-refractivity contribution is 0.0243. The number of morpholine rings is 1. The van der Waals surface area contributed by atoms with Crippen LogP contribution in [0, 0.1) is 11.7 Å². The average molecular weight is 341 g/mol. The van der Waals surface area contributed by atoms with Gasteiger partial charge < -0.3 is 9.64 Å². The van der Waals surface area contributed by atoms with Crippen LogP contribution >= 0.6 is 11.6 Å². The standard InChI is InChI=1S/C17H22ClFN2O2/c18-16-11-14(19)1-2-15(16)17(22)21-5-3-13(4-6-21)12-20-7-9-23-10-8-20/h1-2,11,13H,3-10,12H2. The van der Waals surface area contributed by atoms with E-state index in [0.29, 0.717) is 11.5 Å². The second-order valence-corrected chi connectivity index (χ2v) is 6.68. The van der Waals surface area contributed by atoms with Gasteiger partial charge in [-0.15, -0.1) is 0 Å². The quantitative estimate of drug-likeness (QED) is 0.848. The molecular formula is C17H22ClFN2O2. The van der Waals surface area contributed by atoms with Crippen molar-refractivity contribution in [2.24, 2.45) is 5.92 Å². The molecule has 23 heavy (non-hydrogen) atoms. The predicted molar refractivity (Wildman–Crippen MR) is 87.3 cm³/mol. The first kappa shape index (κ1) is 16.7. The fourth-order valence-corrected chi connectivity index (χ4v) is 3.55. The van der Waals surface area contributed by atoms with Gasteiger partial charge in [0.25, 0.3) is 5.91 Å². The van der Waals surface area contributed by atoms with Crippen molar-refractivity contribution < 1.29 is 13.9 Å². The SMILES string of the molecule is O=C(c1ccc(F)cc1Cl)N1CCC(CN2CCOCC2)CC1. The number of ether oxygens (including phenoxy) is 1. The van der Waals surface area contributed by atoms with Gasteiger partial charge in [0.1, 0.15) is 5.82 Å². The summed E-state index contributed by atoms with van der Waals surface area (Å²) in [5, 5.41) is 0.186. The Morgan fingerprint density at radius 1 is 1.22 bits per heavy atom. The van der Waals surface area contributed by atoms with Crippen LogP contribution in [0.25, 0.3) is 0 Å². The van der Waals surface area contributed by atoms with Crippen molar-refractivity contribution in [1.29, 1.82) is 0 Å². The molecule has 0 saturated carbocycles. The van der Waals surface area contributed by atoms with Gasteiger partial charge in [0.2, 0.25) is 0 Å². The van der Waals surface area contributed by atoms with Gasteiger partial charge in [-0.25, -0.2) is 4.39 Å². The molecule has 1 amide bonds. The van der Waals surface area contributed by atoms with E-state index in [-0.39, 0.29) is 10.9 Å². The summed E-state index contributed by atoms with van der Waals surface area (Å²) < 4.78 is 18.5. The van der Waals surface area contributed by atoms with Crippen LogP contribution in [0.4, 0.5) is 4.39 Å². The third kappa shape index (κ3) is 4.22. The molecule has 2 aliphatic heterocycles. The molecule has 0 N–H and O–H groups in total. The second-order valence-electron chi connectivity index (χ2n) is 6.27. The van der Waals surface area contributed by atoms with Gasteiger partial charge in [0, 0.05) is 32.7 Å². The third-order valence-electron chi connectivity index (χ3n) is 4.68. The topological polar surface area (TPSA) is 32.8 Å². The van der Waals surface area contributed by atoms with E-state index in [4.69, 9.17) is 16.3 Å². The van der Waals surface area contributed by atoms with Crippen molar-refractivity contribution in [3.8, 4) is 0 Å². The van der Waals surface area contributed by atoms with Gasteiger partial charge in [-0.3, -0.25) is 9.69 Å². The summed E-state index contributed by atoms with van der Waals surface area (Å²) in [7, 11) is 0. The van der Waals surface area contributed by atoms with Gasteiger partial charge in [-0.05, 0) is 37.0 Å². The minimum atomic E-state index is -0.421. The maximum Gasteiger partial charge on any atom is 0.255 e. The fraction of sp³-hybridized carbons (Fsp3) is 0.588. The largest absolute Gasteiger partial charge is 0.379 e. The highest BCUT2D eigenvalue weighted by Crippen LogP contribution is 2.24. The molecule has 0 aliphatic carbocycles. The Bertz CT molecular complexity index is 556. The van der Waals surface area contributed by atoms with Crippen LogP contribution in [0.2, 0.25) is 5.02 Å². The van der Waals surface area contributed by atoms with Crippen molar-refractivity contribution >= 4 is 17.5 Å². The summed E-state index contributed by atoms with van der Waals surface area (Å²) in [6.45, 7) is 6.21. The first-order valence-corrected chi connectivity index (χ1v) is 8.55. The number of carbonyl (C=O) groups excluding carboxylic acids is 1. The van der Waals surface area contributed by atoms with Crippen LogP contribution in [-0.2, 0) is 4.74 Å². The molecule has 0 radical (unpaired) electrons. The van der Waals surface area contributed by atoms with Crippen molar-refractivity contribution in [2.75, 3.05) is 45.9 Å². The van der Waals surface area contributed by atoms with Crippen LogP contribution < -0.4 is 0 Å². The minimum Gasteiger partial charge on any atom is -0.379 e. The molecule has 0 spiro atoms. The lowest BCUT2D eigenvalue weighted by atomic mass is 9.95. The number of rotatable bonds is 3. The van der Waals surface area contributed by atoms with Crippen LogP contribution in [-0.4, -0.2) is 61.6 Å². The van der Waals surface area contributed by atoms with Crippen molar-refractivity contribution in [1.82, 2.24) is 9.80 Å². The Labute approximate surface area is 141 Å². The van der Waals surface area contributed by atoms with Crippen LogP contribution in [0.5, 0.6) is 0 Å². The number of halogens is 2. The zero-order chi connectivity index (χ0) is 16.2. The number of hydrogen-bond acceptors (Lipinski definition) is 3. The maximum atomic E-state index is 13.1. The summed E-state index contributed by atoms with van der Waals surface area (Å²) >= 11 is 6.00. The third-order valence-corrected chi connectivity index (χ3v) is 5.00. The summed E-state index contributed by atoms with van der Waals surface area (Å²) in [6.07, 6.45) is 2.00. The Balaban J connectivity index is 1.52. The van der Waals surface area contributed by atoms with E-state index in [1.54, 1.807) is 0 Å². The first-order chi connectivity index (χ1) is 11.1. The van der Waals surface area contributed by atoms with Gasteiger partial charge in [-0.1, -0.05) is 11.6 Å². The Kier molecular flexibility index (Phi) is 5.51. The molecule has 0 aromatic heterocycles. The van der Waals surface area contributed by atoms with Crippen molar-refractivity contribution in [3.05, 3.63) is 34.6 Å². The van der Waals surface area contributed by atoms with Crippen LogP contribution in [0.1, 0.15) is 23.2 Å². The van der Waals surface area contributed by atoms with E-state index < -0.39 is 5.82 Å². The summed E-state index contributed by atoms with van der Waals surface area (Å²) in [5.74, 6) is 0.108. The highest BCUT2D eigenvalue weighted by atomic mass is 35.5. The van der Waals surface area contributed by atoms with E-state index >= 15 is 0 Å². The highest BCUT2D eigenvalue weighted by Gasteiger charge is 2.26. The lowest BCUT2D eigenvalue weighted by Gasteiger charge is -2.36.